The normalized spacial score (nSPS) is 20.4. The van der Waals surface area contributed by atoms with Gasteiger partial charge in [0, 0.05) is 20.1 Å². The second kappa shape index (κ2) is 6.60. The number of methoxy groups -OCH3 is 1. The Bertz CT molecular complexity index is 256. The number of carbonyl (C=O) groups is 2. The Labute approximate surface area is 96.1 Å². The van der Waals surface area contributed by atoms with E-state index in [9.17, 15) is 9.59 Å². The molecule has 0 heterocycles. The van der Waals surface area contributed by atoms with Gasteiger partial charge in [-0.3, -0.25) is 14.5 Å². The van der Waals surface area contributed by atoms with E-state index >= 15 is 0 Å². The predicted octanol–water partition coefficient (Wildman–Crippen LogP) is -0.198. The van der Waals surface area contributed by atoms with Gasteiger partial charge in [-0.1, -0.05) is 0 Å². The topological polar surface area (TPSA) is 58.6 Å². The zero-order valence-corrected chi connectivity index (χ0v) is 9.99. The zero-order chi connectivity index (χ0) is 12.0. The highest BCUT2D eigenvalue weighted by Gasteiger charge is 2.28. The minimum absolute atomic E-state index is 0.0562. The fourth-order valence-electron chi connectivity index (χ4n) is 1.95. The first-order chi connectivity index (χ1) is 7.65. The molecule has 5 nitrogen and oxygen atoms in total. The SMILES string of the molecule is COCCNC(=O)CN(C)C1CCCC1=O. The van der Waals surface area contributed by atoms with Crippen molar-refractivity contribution in [1.82, 2.24) is 10.2 Å². The van der Waals surface area contributed by atoms with Gasteiger partial charge in [0.15, 0.2) is 0 Å². The maximum atomic E-state index is 11.5. The number of ether oxygens (including phenoxy) is 1. The van der Waals surface area contributed by atoms with Crippen LogP contribution in [0.5, 0.6) is 0 Å². The quantitative estimate of drug-likeness (QED) is 0.640. The van der Waals surface area contributed by atoms with Gasteiger partial charge in [0.05, 0.1) is 19.2 Å². The summed E-state index contributed by atoms with van der Waals surface area (Å²) in [6.07, 6.45) is 2.47. The average molecular weight is 228 g/mol. The van der Waals surface area contributed by atoms with E-state index in [1.807, 2.05) is 11.9 Å². The highest BCUT2D eigenvalue weighted by atomic mass is 16.5. The molecular weight excluding hydrogens is 208 g/mol. The van der Waals surface area contributed by atoms with E-state index < -0.39 is 0 Å². The number of rotatable bonds is 6. The van der Waals surface area contributed by atoms with Gasteiger partial charge in [-0.15, -0.1) is 0 Å². The fourth-order valence-corrected chi connectivity index (χ4v) is 1.95. The van der Waals surface area contributed by atoms with Gasteiger partial charge < -0.3 is 10.1 Å². The number of nitrogens with zero attached hydrogens (tertiary/aromatic N) is 1. The Morgan fingerprint density at radius 2 is 2.38 bits per heavy atom. The molecule has 0 aliphatic heterocycles. The van der Waals surface area contributed by atoms with Crippen LogP contribution in [0.15, 0.2) is 0 Å². The van der Waals surface area contributed by atoms with Crippen LogP contribution in [-0.4, -0.2) is 56.5 Å². The molecular formula is C11H20N2O3. The number of hydrogen-bond acceptors (Lipinski definition) is 4. The number of nitrogens with one attached hydrogen (secondary N) is 1. The summed E-state index contributed by atoms with van der Waals surface area (Å²) in [6.45, 7) is 1.31. The van der Waals surface area contributed by atoms with Gasteiger partial charge in [-0.05, 0) is 19.9 Å². The summed E-state index contributed by atoms with van der Waals surface area (Å²) in [5, 5.41) is 2.74. The molecule has 1 saturated carbocycles. The van der Waals surface area contributed by atoms with Crippen molar-refractivity contribution in [2.45, 2.75) is 25.3 Å². The number of amides is 1. The van der Waals surface area contributed by atoms with Crippen molar-refractivity contribution in [3.05, 3.63) is 0 Å². The third kappa shape index (κ3) is 3.90. The summed E-state index contributed by atoms with van der Waals surface area (Å²) in [5.74, 6) is 0.200. The minimum Gasteiger partial charge on any atom is -0.383 e. The molecule has 1 aliphatic carbocycles. The van der Waals surface area contributed by atoms with E-state index in [4.69, 9.17) is 4.74 Å². The van der Waals surface area contributed by atoms with Gasteiger partial charge in [-0.2, -0.15) is 0 Å². The van der Waals surface area contributed by atoms with Crippen LogP contribution >= 0.6 is 0 Å². The van der Waals surface area contributed by atoms with Gasteiger partial charge in [0.25, 0.3) is 0 Å². The van der Waals surface area contributed by atoms with Crippen LogP contribution in [0.3, 0.4) is 0 Å². The Balaban J connectivity index is 2.24. The highest BCUT2D eigenvalue weighted by molar-refractivity contribution is 5.87. The number of likely N-dealkylation sites (N-methyl/N-ethyl adjacent to an activating group) is 1. The first kappa shape index (κ1) is 13.1. The smallest absolute Gasteiger partial charge is 0.234 e. The summed E-state index contributed by atoms with van der Waals surface area (Å²) in [6, 6.07) is -0.0619. The molecule has 0 aromatic heterocycles. The molecule has 0 radical (unpaired) electrons. The van der Waals surface area contributed by atoms with Crippen LogP contribution < -0.4 is 5.32 Å². The summed E-state index contributed by atoms with van der Waals surface area (Å²) in [4.78, 5) is 24.8. The molecule has 16 heavy (non-hydrogen) atoms. The Morgan fingerprint density at radius 3 is 2.94 bits per heavy atom. The molecule has 1 fully saturated rings. The van der Waals surface area contributed by atoms with Crippen molar-refractivity contribution in [1.29, 1.82) is 0 Å². The third-order valence-electron chi connectivity index (χ3n) is 2.83. The molecule has 0 spiro atoms. The molecule has 92 valence electrons. The van der Waals surface area contributed by atoms with Gasteiger partial charge in [0.2, 0.25) is 5.91 Å². The van der Waals surface area contributed by atoms with E-state index in [1.165, 1.54) is 0 Å². The van der Waals surface area contributed by atoms with Crippen LogP contribution in [0.1, 0.15) is 19.3 Å². The summed E-state index contributed by atoms with van der Waals surface area (Å²) in [5.41, 5.74) is 0. The first-order valence-corrected chi connectivity index (χ1v) is 5.63. The van der Waals surface area contributed by atoms with Crippen LogP contribution in [0.25, 0.3) is 0 Å². The largest absolute Gasteiger partial charge is 0.383 e. The molecule has 1 N–H and O–H groups in total. The van der Waals surface area contributed by atoms with Gasteiger partial charge in [-0.25, -0.2) is 0 Å². The lowest BCUT2D eigenvalue weighted by molar-refractivity contribution is -0.125. The summed E-state index contributed by atoms with van der Waals surface area (Å²) in [7, 11) is 3.42. The second-order valence-electron chi connectivity index (χ2n) is 4.13. The van der Waals surface area contributed by atoms with Crippen molar-refractivity contribution in [2.24, 2.45) is 0 Å². The second-order valence-corrected chi connectivity index (χ2v) is 4.13. The van der Waals surface area contributed by atoms with E-state index in [0.29, 0.717) is 19.6 Å². The molecule has 0 aromatic carbocycles. The maximum Gasteiger partial charge on any atom is 0.234 e. The third-order valence-corrected chi connectivity index (χ3v) is 2.83. The average Bonchev–Trinajstić information content (AvgIpc) is 2.65. The minimum atomic E-state index is -0.0619. The van der Waals surface area contributed by atoms with E-state index in [1.54, 1.807) is 7.11 Å². The molecule has 1 amide bonds. The highest BCUT2D eigenvalue weighted by Crippen LogP contribution is 2.18. The molecule has 0 bridgehead atoms. The zero-order valence-electron chi connectivity index (χ0n) is 9.99. The van der Waals surface area contributed by atoms with Crippen molar-refractivity contribution in [2.75, 3.05) is 33.9 Å². The van der Waals surface area contributed by atoms with E-state index in [0.717, 1.165) is 12.8 Å². The molecule has 1 rings (SSSR count). The Kier molecular flexibility index (Phi) is 5.42. The lowest BCUT2D eigenvalue weighted by Gasteiger charge is -2.21. The molecule has 0 aromatic rings. The number of ketones is 1. The lowest BCUT2D eigenvalue weighted by Crippen LogP contribution is -2.42. The fraction of sp³-hybridized carbons (Fsp3) is 0.818. The molecule has 1 atom stereocenters. The number of hydrogen-bond donors (Lipinski definition) is 1. The monoisotopic (exact) mass is 228 g/mol. The van der Waals surface area contributed by atoms with Crippen molar-refractivity contribution in [3.63, 3.8) is 0 Å². The predicted molar refractivity (Wildman–Crippen MR) is 60.2 cm³/mol. The van der Waals surface area contributed by atoms with E-state index in [-0.39, 0.29) is 24.3 Å². The molecule has 1 aliphatic rings. The van der Waals surface area contributed by atoms with Gasteiger partial charge in [0.1, 0.15) is 5.78 Å². The van der Waals surface area contributed by atoms with E-state index in [2.05, 4.69) is 5.32 Å². The number of carbonyl (C=O) groups excluding carboxylic acids is 2. The molecule has 0 saturated heterocycles. The van der Waals surface area contributed by atoms with Crippen LogP contribution in [0.2, 0.25) is 0 Å². The maximum absolute atomic E-state index is 11.5. The Morgan fingerprint density at radius 1 is 1.62 bits per heavy atom. The van der Waals surface area contributed by atoms with Gasteiger partial charge >= 0.3 is 0 Å². The summed E-state index contributed by atoms with van der Waals surface area (Å²) >= 11 is 0. The summed E-state index contributed by atoms with van der Waals surface area (Å²) < 4.78 is 4.83. The standard InChI is InChI=1S/C11H20N2O3/c1-13(9-4-3-5-10(9)14)8-11(15)12-6-7-16-2/h9H,3-8H2,1-2H3,(H,12,15). The Hall–Kier alpha value is -0.940. The lowest BCUT2D eigenvalue weighted by atomic mass is 10.2. The molecule has 1 unspecified atom stereocenters. The van der Waals surface area contributed by atoms with Crippen molar-refractivity contribution >= 4 is 11.7 Å². The van der Waals surface area contributed by atoms with Crippen LogP contribution in [0, 0.1) is 0 Å². The first-order valence-electron chi connectivity index (χ1n) is 5.63. The van der Waals surface area contributed by atoms with Crippen LogP contribution in [-0.2, 0) is 14.3 Å². The van der Waals surface area contributed by atoms with Crippen molar-refractivity contribution in [3.8, 4) is 0 Å². The molecule has 5 heteroatoms. The number of Topliss-reactive ketones (excluding diaryl/α,β-unsaturated/α-hetero) is 1. The van der Waals surface area contributed by atoms with Crippen molar-refractivity contribution < 1.29 is 14.3 Å². The van der Waals surface area contributed by atoms with Crippen LogP contribution in [0.4, 0.5) is 0 Å².